The second-order valence-corrected chi connectivity index (χ2v) is 6.35. The zero-order chi connectivity index (χ0) is 12.8. The first-order chi connectivity index (χ1) is 7.84. The summed E-state index contributed by atoms with van der Waals surface area (Å²) in [6.07, 6.45) is 2.43. The number of aliphatic hydroxyl groups is 1. The first-order valence-electron chi connectivity index (χ1n) is 6.53. The van der Waals surface area contributed by atoms with Gasteiger partial charge in [-0.1, -0.05) is 34.6 Å². The van der Waals surface area contributed by atoms with E-state index in [9.17, 15) is 5.11 Å². The minimum Gasteiger partial charge on any atom is -0.386 e. The highest BCUT2D eigenvalue weighted by atomic mass is 16.3. The van der Waals surface area contributed by atoms with Crippen molar-refractivity contribution in [3.8, 4) is 0 Å². The van der Waals surface area contributed by atoms with Crippen molar-refractivity contribution in [3.63, 3.8) is 0 Å². The second kappa shape index (κ2) is 3.84. The predicted molar refractivity (Wildman–Crippen MR) is 68.5 cm³/mol. The largest absolute Gasteiger partial charge is 0.386 e. The molecule has 0 aromatic carbocycles. The van der Waals surface area contributed by atoms with Gasteiger partial charge in [0.25, 0.3) is 0 Å². The van der Waals surface area contributed by atoms with Crippen LogP contribution in [0, 0.1) is 16.7 Å². The summed E-state index contributed by atoms with van der Waals surface area (Å²) >= 11 is 0. The minimum atomic E-state index is -0.394. The number of aliphatic hydroxyl groups excluding tert-OH is 1. The lowest BCUT2D eigenvalue weighted by Gasteiger charge is -2.14. The highest BCUT2D eigenvalue weighted by Gasteiger charge is 2.67. The second-order valence-electron chi connectivity index (χ2n) is 6.35. The Labute approximate surface area is 104 Å². The Bertz CT molecular complexity index is 392. The number of aryl methyl sites for hydroxylation is 1. The standard InChI is InChI=1S/C14H24N2O/c1-6-9-16-10(7-8-15-16)11(17)12-13(2,3)14(12,4)5/h7-8,11-12,17H,6,9H2,1-5H3. The summed E-state index contributed by atoms with van der Waals surface area (Å²) in [5, 5.41) is 14.9. The molecule has 1 aliphatic carbocycles. The number of hydrogen-bond donors (Lipinski definition) is 1. The van der Waals surface area contributed by atoms with Gasteiger partial charge in [0.05, 0.1) is 11.8 Å². The molecule has 1 aliphatic rings. The molecule has 1 heterocycles. The predicted octanol–water partition coefficient (Wildman–Crippen LogP) is 3.01. The molecular formula is C14H24N2O. The fourth-order valence-electron chi connectivity index (χ4n) is 3.20. The third-order valence-corrected chi connectivity index (χ3v) is 4.94. The molecule has 0 radical (unpaired) electrons. The van der Waals surface area contributed by atoms with Crippen LogP contribution in [0.5, 0.6) is 0 Å². The summed E-state index contributed by atoms with van der Waals surface area (Å²) in [4.78, 5) is 0. The van der Waals surface area contributed by atoms with Crippen molar-refractivity contribution in [1.29, 1.82) is 0 Å². The van der Waals surface area contributed by atoms with Crippen molar-refractivity contribution in [2.45, 2.75) is 53.7 Å². The molecule has 3 nitrogen and oxygen atoms in total. The van der Waals surface area contributed by atoms with E-state index < -0.39 is 6.10 Å². The first-order valence-corrected chi connectivity index (χ1v) is 6.53. The third-order valence-electron chi connectivity index (χ3n) is 4.94. The van der Waals surface area contributed by atoms with Gasteiger partial charge in [0, 0.05) is 18.7 Å². The van der Waals surface area contributed by atoms with Crippen LogP contribution in [-0.4, -0.2) is 14.9 Å². The Kier molecular flexibility index (Phi) is 2.85. The average molecular weight is 236 g/mol. The maximum atomic E-state index is 10.6. The van der Waals surface area contributed by atoms with Gasteiger partial charge >= 0.3 is 0 Å². The molecule has 0 saturated heterocycles. The molecule has 17 heavy (non-hydrogen) atoms. The summed E-state index contributed by atoms with van der Waals surface area (Å²) in [7, 11) is 0. The SMILES string of the molecule is CCCn1nccc1C(O)C1C(C)(C)C1(C)C. The van der Waals surface area contributed by atoms with Gasteiger partial charge in [-0.15, -0.1) is 0 Å². The molecular weight excluding hydrogens is 212 g/mol. The van der Waals surface area contributed by atoms with E-state index in [0.717, 1.165) is 18.7 Å². The highest BCUT2D eigenvalue weighted by molar-refractivity contribution is 5.20. The third kappa shape index (κ3) is 1.71. The van der Waals surface area contributed by atoms with E-state index in [1.54, 1.807) is 6.20 Å². The van der Waals surface area contributed by atoms with E-state index in [4.69, 9.17) is 0 Å². The van der Waals surface area contributed by atoms with E-state index in [1.807, 2.05) is 10.7 Å². The van der Waals surface area contributed by atoms with Gasteiger partial charge in [0.1, 0.15) is 0 Å². The van der Waals surface area contributed by atoms with Gasteiger partial charge in [-0.05, 0) is 23.3 Å². The summed E-state index contributed by atoms with van der Waals surface area (Å²) in [5.41, 5.74) is 1.37. The summed E-state index contributed by atoms with van der Waals surface area (Å²) in [6.45, 7) is 12.0. The van der Waals surface area contributed by atoms with Crippen molar-refractivity contribution in [2.75, 3.05) is 0 Å². The van der Waals surface area contributed by atoms with E-state index in [2.05, 4.69) is 39.7 Å². The summed E-state index contributed by atoms with van der Waals surface area (Å²) in [6, 6.07) is 1.95. The Balaban J connectivity index is 2.22. The van der Waals surface area contributed by atoms with E-state index >= 15 is 0 Å². The molecule has 0 amide bonds. The van der Waals surface area contributed by atoms with Gasteiger partial charge in [-0.3, -0.25) is 4.68 Å². The van der Waals surface area contributed by atoms with Crippen LogP contribution in [0.25, 0.3) is 0 Å². The van der Waals surface area contributed by atoms with Crippen LogP contribution < -0.4 is 0 Å². The normalized spacial score (nSPS) is 23.6. The Morgan fingerprint density at radius 1 is 1.35 bits per heavy atom. The molecule has 1 aromatic heterocycles. The van der Waals surface area contributed by atoms with Crippen molar-refractivity contribution >= 4 is 0 Å². The zero-order valence-corrected chi connectivity index (χ0v) is 11.6. The van der Waals surface area contributed by atoms with Crippen molar-refractivity contribution in [1.82, 2.24) is 9.78 Å². The van der Waals surface area contributed by atoms with Crippen LogP contribution in [-0.2, 0) is 6.54 Å². The summed E-state index contributed by atoms with van der Waals surface area (Å²) in [5.74, 6) is 0.322. The fourth-order valence-corrected chi connectivity index (χ4v) is 3.20. The van der Waals surface area contributed by atoms with Gasteiger partial charge in [0.15, 0.2) is 0 Å². The van der Waals surface area contributed by atoms with Gasteiger partial charge in [-0.25, -0.2) is 0 Å². The van der Waals surface area contributed by atoms with Crippen LogP contribution in [0.1, 0.15) is 52.8 Å². The molecule has 0 spiro atoms. The maximum absolute atomic E-state index is 10.6. The monoisotopic (exact) mass is 236 g/mol. The lowest BCUT2D eigenvalue weighted by atomic mass is 10.0. The highest BCUT2D eigenvalue weighted by Crippen LogP contribution is 2.72. The maximum Gasteiger partial charge on any atom is 0.0995 e. The first kappa shape index (κ1) is 12.6. The molecule has 1 unspecified atom stereocenters. The lowest BCUT2D eigenvalue weighted by molar-refractivity contribution is 0.120. The molecule has 1 fully saturated rings. The molecule has 1 N–H and O–H groups in total. The molecule has 0 bridgehead atoms. The summed E-state index contributed by atoms with van der Waals surface area (Å²) < 4.78 is 1.94. The van der Waals surface area contributed by atoms with Crippen molar-refractivity contribution < 1.29 is 5.11 Å². The lowest BCUT2D eigenvalue weighted by Crippen LogP contribution is -2.13. The molecule has 0 aliphatic heterocycles. The number of rotatable bonds is 4. The van der Waals surface area contributed by atoms with E-state index in [0.29, 0.717) is 5.92 Å². The number of nitrogens with zero attached hydrogens (tertiary/aromatic N) is 2. The van der Waals surface area contributed by atoms with Crippen molar-refractivity contribution in [3.05, 3.63) is 18.0 Å². The quantitative estimate of drug-likeness (QED) is 0.872. The Morgan fingerprint density at radius 3 is 2.41 bits per heavy atom. The van der Waals surface area contributed by atoms with Crippen molar-refractivity contribution in [2.24, 2.45) is 16.7 Å². The van der Waals surface area contributed by atoms with E-state index in [1.165, 1.54) is 0 Å². The molecule has 3 heteroatoms. The Morgan fingerprint density at radius 2 is 1.94 bits per heavy atom. The van der Waals surface area contributed by atoms with Crippen LogP contribution in [0.2, 0.25) is 0 Å². The zero-order valence-electron chi connectivity index (χ0n) is 11.6. The van der Waals surface area contributed by atoms with Crippen LogP contribution in [0.4, 0.5) is 0 Å². The number of hydrogen-bond acceptors (Lipinski definition) is 2. The molecule has 96 valence electrons. The Hall–Kier alpha value is -0.830. The van der Waals surface area contributed by atoms with Crippen LogP contribution in [0.3, 0.4) is 0 Å². The molecule has 1 saturated carbocycles. The minimum absolute atomic E-state index is 0.202. The van der Waals surface area contributed by atoms with Crippen LogP contribution in [0.15, 0.2) is 12.3 Å². The average Bonchev–Trinajstić information content (AvgIpc) is 2.58. The smallest absolute Gasteiger partial charge is 0.0995 e. The molecule has 1 aromatic rings. The van der Waals surface area contributed by atoms with Gasteiger partial charge in [0.2, 0.25) is 0 Å². The fraction of sp³-hybridized carbons (Fsp3) is 0.786. The topological polar surface area (TPSA) is 38.0 Å². The van der Waals surface area contributed by atoms with Gasteiger partial charge < -0.3 is 5.11 Å². The van der Waals surface area contributed by atoms with Crippen LogP contribution >= 0.6 is 0 Å². The van der Waals surface area contributed by atoms with Gasteiger partial charge in [-0.2, -0.15) is 5.10 Å². The molecule has 1 atom stereocenters. The number of aromatic nitrogens is 2. The molecule has 2 rings (SSSR count). The van der Waals surface area contributed by atoms with E-state index in [-0.39, 0.29) is 10.8 Å².